The number of carbonyl (C=O) groups is 1. The van der Waals surface area contributed by atoms with Crippen LogP contribution in [0, 0.1) is 10.5 Å². The second-order valence-corrected chi connectivity index (χ2v) is 8.14. The Morgan fingerprint density at radius 3 is 2.29 bits per heavy atom. The lowest BCUT2D eigenvalue weighted by molar-refractivity contribution is 0.158. The van der Waals surface area contributed by atoms with E-state index in [0.29, 0.717) is 13.2 Å². The van der Waals surface area contributed by atoms with Gasteiger partial charge in [0.1, 0.15) is 6.61 Å². The number of anilines is 1. The average Bonchev–Trinajstić information content (AvgIpc) is 3.03. The number of rotatable bonds is 4. The van der Waals surface area contributed by atoms with Crippen molar-refractivity contribution < 1.29 is 9.53 Å². The van der Waals surface area contributed by atoms with Crippen molar-refractivity contribution in [1.82, 2.24) is 0 Å². The minimum atomic E-state index is -0.449. The van der Waals surface area contributed by atoms with Gasteiger partial charge in [0, 0.05) is 21.7 Å². The predicted molar refractivity (Wildman–Crippen MR) is 120 cm³/mol. The number of carbonyl (C=O) groups excluding carboxylic acids is 1. The molecule has 0 fully saturated rings. The van der Waals surface area contributed by atoms with Crippen molar-refractivity contribution in [2.24, 2.45) is 5.73 Å². The third kappa shape index (κ3) is 3.52. The van der Waals surface area contributed by atoms with Crippen molar-refractivity contribution >= 4 is 34.4 Å². The van der Waals surface area contributed by atoms with Gasteiger partial charge in [-0.15, -0.1) is 0 Å². The number of fused-ring (bicyclic) bond motifs is 3. The number of nitrogens with two attached hydrogens (primary N) is 1. The summed E-state index contributed by atoms with van der Waals surface area (Å²) in [6, 6.07) is 20.6. The highest BCUT2D eigenvalue weighted by Gasteiger charge is 2.29. The molecule has 3 aromatic carbocycles. The monoisotopic (exact) mass is 484 g/mol. The molecule has 3 N–H and O–H groups in total. The Balaban J connectivity index is 1.51. The molecule has 142 valence electrons. The highest BCUT2D eigenvalue weighted by Crippen LogP contribution is 2.44. The Bertz CT molecular complexity index is 1000. The number of amides is 1. The highest BCUT2D eigenvalue weighted by molar-refractivity contribution is 14.1. The Labute approximate surface area is 178 Å². The first-order valence-corrected chi connectivity index (χ1v) is 10.3. The van der Waals surface area contributed by atoms with Crippen LogP contribution in [0.5, 0.6) is 0 Å². The van der Waals surface area contributed by atoms with Crippen molar-refractivity contribution in [3.8, 4) is 11.1 Å². The summed E-state index contributed by atoms with van der Waals surface area (Å²) in [5, 5.41) is 2.88. The molecule has 0 radical (unpaired) electrons. The average molecular weight is 484 g/mol. The summed E-state index contributed by atoms with van der Waals surface area (Å²) in [6.45, 7) is 2.69. The van der Waals surface area contributed by atoms with Crippen molar-refractivity contribution in [3.05, 3.63) is 86.5 Å². The van der Waals surface area contributed by atoms with E-state index in [4.69, 9.17) is 10.5 Å². The first-order valence-electron chi connectivity index (χ1n) is 9.19. The molecule has 1 amide bonds. The number of hydrogen-bond donors (Lipinski definition) is 2. The van der Waals surface area contributed by atoms with E-state index in [2.05, 4.69) is 52.2 Å². The van der Waals surface area contributed by atoms with Crippen LogP contribution < -0.4 is 11.1 Å². The van der Waals surface area contributed by atoms with Crippen molar-refractivity contribution in [3.63, 3.8) is 0 Å². The van der Waals surface area contributed by atoms with E-state index in [0.717, 1.165) is 20.4 Å². The molecule has 0 aromatic heterocycles. The van der Waals surface area contributed by atoms with E-state index >= 15 is 0 Å². The molecule has 0 bridgehead atoms. The molecule has 0 atom stereocenters. The van der Waals surface area contributed by atoms with E-state index in [1.54, 1.807) is 0 Å². The van der Waals surface area contributed by atoms with E-state index in [1.165, 1.54) is 22.3 Å². The Morgan fingerprint density at radius 2 is 1.68 bits per heavy atom. The fraction of sp³-hybridized carbons (Fsp3) is 0.174. The molecule has 0 saturated heterocycles. The molecule has 0 saturated carbocycles. The Hall–Kier alpha value is -2.38. The molecule has 0 unspecified atom stereocenters. The van der Waals surface area contributed by atoms with Gasteiger partial charge < -0.3 is 10.5 Å². The summed E-state index contributed by atoms with van der Waals surface area (Å²) < 4.78 is 6.65. The van der Waals surface area contributed by atoms with Gasteiger partial charge in [0.15, 0.2) is 0 Å². The van der Waals surface area contributed by atoms with Gasteiger partial charge in [0.05, 0.1) is 0 Å². The van der Waals surface area contributed by atoms with Gasteiger partial charge in [-0.1, -0.05) is 48.5 Å². The van der Waals surface area contributed by atoms with Gasteiger partial charge in [-0.3, -0.25) is 5.32 Å². The second-order valence-electron chi connectivity index (χ2n) is 6.89. The zero-order valence-corrected chi connectivity index (χ0v) is 17.7. The number of nitrogens with one attached hydrogen (secondary N) is 1. The van der Waals surface area contributed by atoms with Crippen molar-refractivity contribution in [2.75, 3.05) is 11.9 Å². The van der Waals surface area contributed by atoms with Gasteiger partial charge in [-0.05, 0) is 75.0 Å². The van der Waals surface area contributed by atoms with Crippen LogP contribution in [0.15, 0.2) is 60.7 Å². The van der Waals surface area contributed by atoms with Crippen molar-refractivity contribution in [2.45, 2.75) is 19.4 Å². The van der Waals surface area contributed by atoms with Gasteiger partial charge in [-0.25, -0.2) is 4.79 Å². The number of ether oxygens (including phenoxy) is 1. The Kier molecular flexibility index (Phi) is 5.37. The van der Waals surface area contributed by atoms with Gasteiger partial charge in [0.2, 0.25) is 0 Å². The fourth-order valence-electron chi connectivity index (χ4n) is 3.82. The third-order valence-electron chi connectivity index (χ3n) is 5.28. The van der Waals surface area contributed by atoms with E-state index in [-0.39, 0.29) is 5.92 Å². The smallest absolute Gasteiger partial charge is 0.411 e. The zero-order chi connectivity index (χ0) is 19.7. The fourth-order valence-corrected chi connectivity index (χ4v) is 4.51. The van der Waals surface area contributed by atoms with Crippen LogP contribution in [0.3, 0.4) is 0 Å². The van der Waals surface area contributed by atoms with E-state index in [9.17, 15) is 4.79 Å². The first-order chi connectivity index (χ1) is 13.6. The van der Waals surface area contributed by atoms with Crippen LogP contribution in [0.2, 0.25) is 0 Å². The zero-order valence-electron chi connectivity index (χ0n) is 15.5. The molecule has 5 heteroatoms. The molecular weight excluding hydrogens is 463 g/mol. The normalized spacial score (nSPS) is 12.4. The summed E-state index contributed by atoms with van der Waals surface area (Å²) in [5.74, 6) is 0.0507. The lowest BCUT2D eigenvalue weighted by Gasteiger charge is -2.16. The van der Waals surface area contributed by atoms with E-state index < -0.39 is 6.09 Å². The van der Waals surface area contributed by atoms with Crippen LogP contribution in [0.1, 0.15) is 28.2 Å². The quantitative estimate of drug-likeness (QED) is 0.487. The van der Waals surface area contributed by atoms with Crippen LogP contribution in [-0.2, 0) is 11.3 Å². The number of hydrogen-bond acceptors (Lipinski definition) is 3. The minimum absolute atomic E-state index is 0.0507. The standard InChI is InChI=1S/C23H21IN2O2/c1-14-15(12-25)10-16(24)11-22(14)26-23(27)28-13-21-19-8-4-2-6-17(19)18-7-3-5-9-20(18)21/h2-11,21H,12-13,25H2,1H3,(H,26,27). The summed E-state index contributed by atoms with van der Waals surface area (Å²) in [6.07, 6.45) is -0.449. The maximum Gasteiger partial charge on any atom is 0.411 e. The molecule has 1 aliphatic rings. The first kappa shape index (κ1) is 19.0. The molecule has 28 heavy (non-hydrogen) atoms. The van der Waals surface area contributed by atoms with Crippen LogP contribution in [0.25, 0.3) is 11.1 Å². The number of benzene rings is 3. The van der Waals surface area contributed by atoms with Gasteiger partial charge in [0.25, 0.3) is 0 Å². The van der Waals surface area contributed by atoms with Gasteiger partial charge >= 0.3 is 6.09 Å². The summed E-state index contributed by atoms with van der Waals surface area (Å²) >= 11 is 2.22. The minimum Gasteiger partial charge on any atom is -0.448 e. The lowest BCUT2D eigenvalue weighted by Crippen LogP contribution is -2.19. The van der Waals surface area contributed by atoms with Crippen molar-refractivity contribution in [1.29, 1.82) is 0 Å². The van der Waals surface area contributed by atoms with Crippen LogP contribution >= 0.6 is 22.6 Å². The lowest BCUT2D eigenvalue weighted by atomic mass is 9.98. The van der Waals surface area contributed by atoms with Crippen LogP contribution in [0.4, 0.5) is 10.5 Å². The molecule has 3 aromatic rings. The summed E-state index contributed by atoms with van der Waals surface area (Å²) in [4.78, 5) is 12.5. The van der Waals surface area contributed by atoms with E-state index in [1.807, 2.05) is 43.3 Å². The third-order valence-corrected chi connectivity index (χ3v) is 5.90. The largest absolute Gasteiger partial charge is 0.448 e. The SMILES string of the molecule is Cc1c(CN)cc(I)cc1NC(=O)OCC1c2ccccc2-c2ccccc21. The molecule has 4 nitrogen and oxygen atoms in total. The molecular formula is C23H21IN2O2. The topological polar surface area (TPSA) is 64.3 Å². The maximum absolute atomic E-state index is 12.5. The second kappa shape index (κ2) is 7.93. The molecule has 1 aliphatic carbocycles. The molecule has 0 heterocycles. The summed E-state index contributed by atoms with van der Waals surface area (Å²) in [7, 11) is 0. The summed E-state index contributed by atoms with van der Waals surface area (Å²) in [5.41, 5.74) is 13.4. The highest BCUT2D eigenvalue weighted by atomic mass is 127. The number of halogens is 1. The maximum atomic E-state index is 12.5. The van der Waals surface area contributed by atoms with Gasteiger partial charge in [-0.2, -0.15) is 0 Å². The molecule has 0 aliphatic heterocycles. The molecule has 4 rings (SSSR count). The molecule has 0 spiro atoms. The Morgan fingerprint density at radius 1 is 1.07 bits per heavy atom. The predicted octanol–water partition coefficient (Wildman–Crippen LogP) is 5.42. The van der Waals surface area contributed by atoms with Crippen LogP contribution in [-0.4, -0.2) is 12.7 Å².